The summed E-state index contributed by atoms with van der Waals surface area (Å²) in [6.07, 6.45) is 1.36. The number of nitrogen functional groups attached to an aromatic ring is 1. The van der Waals surface area contributed by atoms with Crippen LogP contribution in [0.15, 0.2) is 42.6 Å². The van der Waals surface area contributed by atoms with Crippen molar-refractivity contribution in [2.75, 3.05) is 5.73 Å². The van der Waals surface area contributed by atoms with E-state index in [1.54, 1.807) is 24.3 Å². The fourth-order valence-electron chi connectivity index (χ4n) is 1.33. The number of nitrogens with two attached hydrogens (primary N) is 1. The molecule has 0 bridgehead atoms. The van der Waals surface area contributed by atoms with Crippen LogP contribution in [0.25, 0.3) is 0 Å². The van der Waals surface area contributed by atoms with E-state index in [-0.39, 0.29) is 17.3 Å². The van der Waals surface area contributed by atoms with Crippen molar-refractivity contribution in [3.63, 3.8) is 0 Å². The van der Waals surface area contributed by atoms with Crippen LogP contribution in [0.1, 0.15) is 0 Å². The lowest BCUT2D eigenvalue weighted by Gasteiger charge is -2.06. The van der Waals surface area contributed by atoms with Gasteiger partial charge in [-0.3, -0.25) is 10.1 Å². The molecular formula is C11H9N3O3. The van der Waals surface area contributed by atoms with E-state index in [1.807, 2.05) is 6.07 Å². The molecule has 0 aliphatic carbocycles. The standard InChI is InChI=1S/C11H9N3O3/c12-11-10(14(15)16)9(6-7-13-11)17-8-4-2-1-3-5-8/h1-7H,(H2,12,13). The topological polar surface area (TPSA) is 91.3 Å². The van der Waals surface area contributed by atoms with E-state index in [0.717, 1.165) is 0 Å². The summed E-state index contributed by atoms with van der Waals surface area (Å²) in [5, 5.41) is 10.8. The van der Waals surface area contributed by atoms with Gasteiger partial charge in [0.1, 0.15) is 5.75 Å². The van der Waals surface area contributed by atoms with Crippen LogP contribution in [0, 0.1) is 10.1 Å². The van der Waals surface area contributed by atoms with Crippen molar-refractivity contribution in [3.05, 3.63) is 52.7 Å². The van der Waals surface area contributed by atoms with Crippen LogP contribution in [0.4, 0.5) is 11.5 Å². The Morgan fingerprint density at radius 2 is 1.94 bits per heavy atom. The van der Waals surface area contributed by atoms with E-state index < -0.39 is 4.92 Å². The van der Waals surface area contributed by atoms with Gasteiger partial charge in [0.05, 0.1) is 4.92 Å². The fourth-order valence-corrected chi connectivity index (χ4v) is 1.33. The summed E-state index contributed by atoms with van der Waals surface area (Å²) in [4.78, 5) is 13.9. The van der Waals surface area contributed by atoms with Gasteiger partial charge in [-0.15, -0.1) is 0 Å². The quantitative estimate of drug-likeness (QED) is 0.646. The summed E-state index contributed by atoms with van der Waals surface area (Å²) in [6, 6.07) is 10.2. The third kappa shape index (κ3) is 2.31. The molecule has 2 rings (SSSR count). The maximum absolute atomic E-state index is 10.8. The van der Waals surface area contributed by atoms with Crippen molar-refractivity contribution in [3.8, 4) is 11.5 Å². The van der Waals surface area contributed by atoms with Crippen molar-refractivity contribution >= 4 is 11.5 Å². The molecule has 0 unspecified atom stereocenters. The summed E-state index contributed by atoms with van der Waals surface area (Å²) in [5.41, 5.74) is 5.12. The normalized spacial score (nSPS) is 9.88. The molecule has 17 heavy (non-hydrogen) atoms. The number of hydrogen-bond donors (Lipinski definition) is 1. The Kier molecular flexibility index (Phi) is 2.87. The van der Waals surface area contributed by atoms with Gasteiger partial charge in [-0.2, -0.15) is 0 Å². The van der Waals surface area contributed by atoms with Crippen molar-refractivity contribution in [1.82, 2.24) is 4.98 Å². The molecule has 0 aliphatic heterocycles. The molecule has 0 aliphatic rings. The second-order valence-corrected chi connectivity index (χ2v) is 3.22. The SMILES string of the molecule is Nc1nccc(Oc2ccccc2)c1[N+](=O)[O-]. The number of nitrogens with zero attached hydrogens (tertiary/aromatic N) is 2. The van der Waals surface area contributed by atoms with Gasteiger partial charge < -0.3 is 10.5 Å². The van der Waals surface area contributed by atoms with Crippen LogP contribution in [0.3, 0.4) is 0 Å². The lowest BCUT2D eigenvalue weighted by Crippen LogP contribution is -2.00. The highest BCUT2D eigenvalue weighted by Crippen LogP contribution is 2.34. The van der Waals surface area contributed by atoms with E-state index >= 15 is 0 Å². The molecule has 0 spiro atoms. The first-order valence-corrected chi connectivity index (χ1v) is 4.80. The minimum absolute atomic E-state index is 0.0775. The van der Waals surface area contributed by atoms with Crippen molar-refractivity contribution in [2.45, 2.75) is 0 Å². The number of aromatic nitrogens is 1. The van der Waals surface area contributed by atoms with Crippen LogP contribution < -0.4 is 10.5 Å². The Bertz CT molecular complexity index is 543. The molecule has 0 saturated heterocycles. The van der Waals surface area contributed by atoms with E-state index in [0.29, 0.717) is 5.75 Å². The fraction of sp³-hybridized carbons (Fsp3) is 0. The molecule has 0 amide bonds. The molecule has 1 aromatic heterocycles. The number of pyridine rings is 1. The smallest absolute Gasteiger partial charge is 0.353 e. The monoisotopic (exact) mass is 231 g/mol. The zero-order valence-electron chi connectivity index (χ0n) is 8.74. The van der Waals surface area contributed by atoms with Gasteiger partial charge in [0.25, 0.3) is 0 Å². The molecule has 1 aromatic carbocycles. The number of anilines is 1. The Hall–Kier alpha value is -2.63. The molecule has 6 heteroatoms. The molecule has 0 saturated carbocycles. The van der Waals surface area contributed by atoms with Crippen LogP contribution in [0.2, 0.25) is 0 Å². The Labute approximate surface area is 96.8 Å². The number of para-hydroxylation sites is 1. The summed E-state index contributed by atoms with van der Waals surface area (Å²) in [5.74, 6) is 0.415. The largest absolute Gasteiger partial charge is 0.450 e. The van der Waals surface area contributed by atoms with Crippen LogP contribution >= 0.6 is 0 Å². The highest BCUT2D eigenvalue weighted by Gasteiger charge is 2.20. The Morgan fingerprint density at radius 3 is 2.59 bits per heavy atom. The predicted molar refractivity (Wildman–Crippen MR) is 61.8 cm³/mol. The van der Waals surface area contributed by atoms with Gasteiger partial charge in [0.15, 0.2) is 0 Å². The maximum Gasteiger partial charge on any atom is 0.353 e. The second kappa shape index (κ2) is 4.48. The number of hydrogen-bond acceptors (Lipinski definition) is 5. The number of benzene rings is 1. The first-order valence-electron chi connectivity index (χ1n) is 4.80. The van der Waals surface area contributed by atoms with E-state index in [9.17, 15) is 10.1 Å². The Morgan fingerprint density at radius 1 is 1.24 bits per heavy atom. The van der Waals surface area contributed by atoms with Crippen LogP contribution in [-0.2, 0) is 0 Å². The maximum atomic E-state index is 10.8. The highest BCUT2D eigenvalue weighted by molar-refractivity contribution is 5.61. The van der Waals surface area contributed by atoms with Crippen LogP contribution in [0.5, 0.6) is 11.5 Å². The van der Waals surface area contributed by atoms with Crippen molar-refractivity contribution in [1.29, 1.82) is 0 Å². The minimum atomic E-state index is -0.611. The average Bonchev–Trinajstić information content (AvgIpc) is 2.30. The third-order valence-corrected chi connectivity index (χ3v) is 2.07. The molecule has 0 radical (unpaired) electrons. The van der Waals surface area contributed by atoms with Gasteiger partial charge in [0.2, 0.25) is 11.6 Å². The highest BCUT2D eigenvalue weighted by atomic mass is 16.6. The molecular weight excluding hydrogens is 222 g/mol. The van der Waals surface area contributed by atoms with Gasteiger partial charge in [-0.05, 0) is 12.1 Å². The van der Waals surface area contributed by atoms with Crippen molar-refractivity contribution in [2.24, 2.45) is 0 Å². The summed E-state index contributed by atoms with van der Waals surface area (Å²) in [7, 11) is 0. The number of rotatable bonds is 3. The van der Waals surface area contributed by atoms with Crippen molar-refractivity contribution < 1.29 is 9.66 Å². The minimum Gasteiger partial charge on any atom is -0.450 e. The van der Waals surface area contributed by atoms with Gasteiger partial charge in [0, 0.05) is 12.3 Å². The second-order valence-electron chi connectivity index (χ2n) is 3.22. The molecule has 0 atom stereocenters. The molecule has 0 fully saturated rings. The molecule has 2 aromatic rings. The zero-order valence-corrected chi connectivity index (χ0v) is 8.74. The lowest BCUT2D eigenvalue weighted by molar-refractivity contribution is -0.384. The molecule has 1 heterocycles. The first-order chi connectivity index (χ1) is 8.18. The number of nitro groups is 1. The third-order valence-electron chi connectivity index (χ3n) is 2.07. The predicted octanol–water partition coefficient (Wildman–Crippen LogP) is 2.36. The van der Waals surface area contributed by atoms with Gasteiger partial charge >= 0.3 is 5.69 Å². The molecule has 2 N–H and O–H groups in total. The van der Waals surface area contributed by atoms with Gasteiger partial charge in [-0.25, -0.2) is 4.98 Å². The zero-order chi connectivity index (χ0) is 12.3. The number of ether oxygens (including phenoxy) is 1. The first kappa shape index (κ1) is 10.9. The summed E-state index contributed by atoms with van der Waals surface area (Å²) >= 11 is 0. The average molecular weight is 231 g/mol. The van der Waals surface area contributed by atoms with E-state index in [4.69, 9.17) is 10.5 Å². The molecule has 86 valence electrons. The lowest BCUT2D eigenvalue weighted by atomic mass is 10.3. The Balaban J connectivity index is 2.40. The summed E-state index contributed by atoms with van der Waals surface area (Å²) in [6.45, 7) is 0. The van der Waals surface area contributed by atoms with E-state index in [1.165, 1.54) is 12.3 Å². The van der Waals surface area contributed by atoms with Crippen LogP contribution in [-0.4, -0.2) is 9.91 Å². The summed E-state index contributed by atoms with van der Waals surface area (Å²) < 4.78 is 5.39. The molecule has 6 nitrogen and oxygen atoms in total. The van der Waals surface area contributed by atoms with E-state index in [2.05, 4.69) is 4.98 Å². The van der Waals surface area contributed by atoms with Gasteiger partial charge in [-0.1, -0.05) is 18.2 Å².